The number of carbonyl (C=O) groups is 2. The molecule has 2 aromatic rings. The number of likely N-dealkylation sites (tertiary alicyclic amines) is 1. The normalized spacial score (nSPS) is 18.9. The molecule has 1 aliphatic heterocycles. The summed E-state index contributed by atoms with van der Waals surface area (Å²) < 4.78 is 49.6. The Bertz CT molecular complexity index is 940. The number of ether oxygens (including phenoxy) is 2. The van der Waals surface area contributed by atoms with Gasteiger partial charge >= 0.3 is 18.5 Å². The first-order valence-electron chi connectivity index (χ1n) is 9.35. The summed E-state index contributed by atoms with van der Waals surface area (Å²) >= 11 is 5.81. The Morgan fingerprint density at radius 3 is 2.59 bits per heavy atom. The van der Waals surface area contributed by atoms with Gasteiger partial charge in [0.05, 0.1) is 6.61 Å². The van der Waals surface area contributed by atoms with Crippen molar-refractivity contribution in [1.29, 1.82) is 0 Å². The van der Waals surface area contributed by atoms with Gasteiger partial charge in [0.25, 0.3) is 5.91 Å². The Kier molecular flexibility index (Phi) is 7.40. The molecule has 0 spiro atoms. The van der Waals surface area contributed by atoms with Crippen molar-refractivity contribution in [3.63, 3.8) is 0 Å². The van der Waals surface area contributed by atoms with Crippen molar-refractivity contribution in [3.8, 4) is 6.08 Å². The van der Waals surface area contributed by atoms with Gasteiger partial charge in [-0.15, -0.1) is 18.3 Å². The standard InChI is InChI=1S/C18H18ClF3N4O6/c19-11-3-1-10(2-4-11)14(27)23-12-5-6-13(26(9-12)17(28)29)15-24-25-16(32-15)30-7-8-31-18(20,21)22/h1-4,12-13H,5-9H2,(H,23,27)(H,28,29)/t12-,13+/m0/s1. The Balaban J connectivity index is 1.57. The Labute approximate surface area is 184 Å². The molecule has 2 amide bonds. The molecule has 1 aliphatic rings. The lowest BCUT2D eigenvalue weighted by atomic mass is 9.98. The van der Waals surface area contributed by atoms with Crippen LogP contribution in [0.15, 0.2) is 28.7 Å². The summed E-state index contributed by atoms with van der Waals surface area (Å²) in [5.41, 5.74) is 0.381. The first-order valence-corrected chi connectivity index (χ1v) is 9.73. The number of nitrogens with one attached hydrogen (secondary N) is 1. The van der Waals surface area contributed by atoms with Crippen LogP contribution >= 0.6 is 11.6 Å². The quantitative estimate of drug-likeness (QED) is 0.580. The molecule has 0 bridgehead atoms. The van der Waals surface area contributed by atoms with Gasteiger partial charge in [-0.05, 0) is 37.1 Å². The van der Waals surface area contributed by atoms with Crippen LogP contribution in [0.4, 0.5) is 18.0 Å². The Morgan fingerprint density at radius 1 is 1.22 bits per heavy atom. The molecule has 1 aromatic carbocycles. The maximum absolute atomic E-state index is 12.4. The number of piperidine rings is 1. The van der Waals surface area contributed by atoms with Gasteiger partial charge in [0.2, 0.25) is 5.89 Å². The Morgan fingerprint density at radius 2 is 1.94 bits per heavy atom. The molecule has 0 radical (unpaired) electrons. The molecule has 3 rings (SSSR count). The number of nitrogens with zero attached hydrogens (tertiary/aromatic N) is 3. The van der Waals surface area contributed by atoms with Gasteiger partial charge in [-0.3, -0.25) is 14.4 Å². The van der Waals surface area contributed by atoms with E-state index in [1.165, 1.54) is 0 Å². The molecule has 0 aliphatic carbocycles. The second kappa shape index (κ2) is 10.0. The van der Waals surface area contributed by atoms with Gasteiger partial charge in [-0.1, -0.05) is 16.7 Å². The van der Waals surface area contributed by atoms with Crippen LogP contribution in [0.25, 0.3) is 0 Å². The average molecular weight is 479 g/mol. The van der Waals surface area contributed by atoms with Crippen molar-refractivity contribution in [1.82, 2.24) is 20.4 Å². The van der Waals surface area contributed by atoms with Gasteiger partial charge in [0.1, 0.15) is 12.6 Å². The third-order valence-corrected chi connectivity index (χ3v) is 4.80. The maximum Gasteiger partial charge on any atom is 0.522 e. The van der Waals surface area contributed by atoms with Crippen molar-refractivity contribution in [2.75, 3.05) is 19.8 Å². The second-order valence-electron chi connectivity index (χ2n) is 6.75. The van der Waals surface area contributed by atoms with Crippen molar-refractivity contribution >= 4 is 23.6 Å². The van der Waals surface area contributed by atoms with Crippen molar-refractivity contribution in [2.24, 2.45) is 0 Å². The van der Waals surface area contributed by atoms with Gasteiger partial charge in [-0.25, -0.2) is 4.79 Å². The van der Waals surface area contributed by atoms with E-state index in [2.05, 4.69) is 20.3 Å². The predicted molar refractivity (Wildman–Crippen MR) is 101 cm³/mol. The molecule has 1 fully saturated rings. The monoisotopic (exact) mass is 478 g/mol. The molecule has 14 heteroatoms. The number of rotatable bonds is 7. The molecular weight excluding hydrogens is 461 g/mol. The third-order valence-electron chi connectivity index (χ3n) is 4.55. The van der Waals surface area contributed by atoms with E-state index in [4.69, 9.17) is 20.8 Å². The number of carbonyl (C=O) groups excluding carboxylic acids is 1. The van der Waals surface area contributed by atoms with E-state index in [1.807, 2.05) is 0 Å². The zero-order valence-corrected chi connectivity index (χ0v) is 17.1. The molecule has 0 unspecified atom stereocenters. The minimum atomic E-state index is -4.78. The van der Waals surface area contributed by atoms with Crippen LogP contribution in [0.1, 0.15) is 35.1 Å². The summed E-state index contributed by atoms with van der Waals surface area (Å²) in [6.45, 7) is -1.30. The molecule has 0 saturated carbocycles. The highest BCUT2D eigenvalue weighted by molar-refractivity contribution is 6.30. The van der Waals surface area contributed by atoms with Crippen LogP contribution in [0.3, 0.4) is 0 Å². The number of hydrogen-bond acceptors (Lipinski definition) is 7. The average Bonchev–Trinajstić information content (AvgIpc) is 3.19. The topological polar surface area (TPSA) is 127 Å². The molecule has 2 N–H and O–H groups in total. The number of alkyl halides is 3. The highest BCUT2D eigenvalue weighted by atomic mass is 35.5. The van der Waals surface area contributed by atoms with Crippen LogP contribution in [-0.2, 0) is 4.74 Å². The largest absolute Gasteiger partial charge is 0.522 e. The van der Waals surface area contributed by atoms with Gasteiger partial charge in [0.15, 0.2) is 0 Å². The summed E-state index contributed by atoms with van der Waals surface area (Å²) in [7, 11) is 0. The van der Waals surface area contributed by atoms with Crippen LogP contribution < -0.4 is 10.1 Å². The first-order chi connectivity index (χ1) is 15.1. The summed E-state index contributed by atoms with van der Waals surface area (Å²) in [6, 6.07) is 5.00. The lowest BCUT2D eigenvalue weighted by Crippen LogP contribution is -2.50. The van der Waals surface area contributed by atoms with Gasteiger partial charge in [0, 0.05) is 23.2 Å². The number of halogens is 4. The van der Waals surface area contributed by atoms with E-state index < -0.39 is 43.8 Å². The van der Waals surface area contributed by atoms with Crippen molar-refractivity contribution in [2.45, 2.75) is 31.3 Å². The lowest BCUT2D eigenvalue weighted by molar-refractivity contribution is -0.325. The smallest absolute Gasteiger partial charge is 0.465 e. The molecule has 1 saturated heterocycles. The van der Waals surface area contributed by atoms with Crippen LogP contribution in [0.2, 0.25) is 5.02 Å². The molecule has 2 heterocycles. The van der Waals surface area contributed by atoms with Crippen LogP contribution in [-0.4, -0.2) is 64.4 Å². The van der Waals surface area contributed by atoms with E-state index in [0.717, 1.165) is 4.90 Å². The highest BCUT2D eigenvalue weighted by Crippen LogP contribution is 2.31. The second-order valence-corrected chi connectivity index (χ2v) is 7.19. The fraction of sp³-hybridized carbons (Fsp3) is 0.444. The summed E-state index contributed by atoms with van der Waals surface area (Å²) in [4.78, 5) is 25.2. The molecule has 2 atom stereocenters. The van der Waals surface area contributed by atoms with Crippen molar-refractivity contribution < 1.29 is 41.8 Å². The molecular formula is C18H18ClF3N4O6. The molecule has 1 aromatic heterocycles. The zero-order chi connectivity index (χ0) is 23.3. The maximum atomic E-state index is 12.4. The lowest BCUT2D eigenvalue weighted by Gasteiger charge is -2.36. The summed E-state index contributed by atoms with van der Waals surface area (Å²) in [6.07, 6.45) is -5.77. The van der Waals surface area contributed by atoms with Gasteiger partial charge < -0.3 is 19.6 Å². The number of aromatic nitrogens is 2. The number of benzene rings is 1. The van der Waals surface area contributed by atoms with E-state index in [-0.39, 0.29) is 24.8 Å². The van der Waals surface area contributed by atoms with Crippen LogP contribution in [0.5, 0.6) is 6.08 Å². The first kappa shape index (κ1) is 23.6. The van der Waals surface area contributed by atoms with Crippen LogP contribution in [0, 0.1) is 0 Å². The van der Waals surface area contributed by atoms with E-state index in [0.29, 0.717) is 17.0 Å². The molecule has 174 valence electrons. The van der Waals surface area contributed by atoms with E-state index >= 15 is 0 Å². The summed E-state index contributed by atoms with van der Waals surface area (Å²) in [5, 5.41) is 20.1. The number of amides is 2. The van der Waals surface area contributed by atoms with Crippen molar-refractivity contribution in [3.05, 3.63) is 40.7 Å². The fourth-order valence-corrected chi connectivity index (χ4v) is 3.25. The van der Waals surface area contributed by atoms with Gasteiger partial charge in [-0.2, -0.15) is 0 Å². The molecule has 10 nitrogen and oxygen atoms in total. The predicted octanol–water partition coefficient (Wildman–Crippen LogP) is 3.25. The minimum absolute atomic E-state index is 0.0304. The SMILES string of the molecule is O=C(N[C@H]1CC[C@H](c2nnc(OCCOC(F)(F)F)o2)N(C(=O)O)C1)c1ccc(Cl)cc1. The Hall–Kier alpha value is -3.06. The van der Waals surface area contributed by atoms with E-state index in [1.54, 1.807) is 24.3 Å². The minimum Gasteiger partial charge on any atom is -0.465 e. The summed E-state index contributed by atoms with van der Waals surface area (Å²) in [5.74, 6) is -0.438. The highest BCUT2D eigenvalue weighted by Gasteiger charge is 2.36. The fourth-order valence-electron chi connectivity index (χ4n) is 3.13. The zero-order valence-electron chi connectivity index (χ0n) is 16.3. The number of hydrogen-bond donors (Lipinski definition) is 2. The number of carboxylic acid groups (broad SMARTS) is 1. The third kappa shape index (κ3) is 6.47. The van der Waals surface area contributed by atoms with E-state index in [9.17, 15) is 27.9 Å². The molecule has 32 heavy (non-hydrogen) atoms.